The second-order valence-corrected chi connectivity index (χ2v) is 2.17. The molecule has 1 rings (SSSR count). The van der Waals surface area contributed by atoms with Crippen LogP contribution in [0.4, 0.5) is 0 Å². The van der Waals surface area contributed by atoms with Crippen LogP contribution in [-0.4, -0.2) is 20.6 Å². The normalized spacial score (nSPS) is 10.4. The first-order valence-electron chi connectivity index (χ1n) is 1.82. The van der Waals surface area contributed by atoms with Gasteiger partial charge in [-0.1, -0.05) is 28.4 Å². The minimum Gasteiger partial charge on any atom is -0.177 e. The molecule has 0 spiro atoms. The molecule has 0 saturated carbocycles. The minimum atomic E-state index is -0.686. The molecule has 6 heteroatoms. The maximum Gasteiger partial charge on any atom is 0.207 e. The Morgan fingerprint density at radius 2 is 2.25 bits per heavy atom. The highest BCUT2D eigenvalue weighted by molar-refractivity contribution is 6.43. The average molecular weight is 153 g/mol. The van der Waals surface area contributed by atoms with Crippen molar-refractivity contribution in [1.82, 2.24) is 20.6 Å². The molecule has 1 aromatic rings. The number of alkyl halides is 2. The number of hydrogen-bond acceptors (Lipinski definition) is 3. The molecule has 0 aromatic carbocycles. The van der Waals surface area contributed by atoms with Crippen LogP contribution in [0.5, 0.6) is 0 Å². The molecule has 0 aliphatic rings. The van der Waals surface area contributed by atoms with Gasteiger partial charge in [0.1, 0.15) is 0 Å². The molecule has 8 heavy (non-hydrogen) atoms. The number of hydrogen-bond donors (Lipinski definition) is 1. The van der Waals surface area contributed by atoms with Crippen LogP contribution in [-0.2, 0) is 0 Å². The average Bonchev–Trinajstić information content (AvgIpc) is 2.12. The van der Waals surface area contributed by atoms with Crippen molar-refractivity contribution < 1.29 is 0 Å². The Morgan fingerprint density at radius 3 is 2.50 bits per heavy atom. The Hall–Kier alpha value is -0.350. The third kappa shape index (κ3) is 1.08. The standard InChI is InChI=1S/C2H2Cl2N4/c3-1(4)2-5-7-8-6-2/h1H,(H,5,6,7,8). The molecule has 0 radical (unpaired) electrons. The van der Waals surface area contributed by atoms with Crippen LogP contribution >= 0.6 is 23.2 Å². The van der Waals surface area contributed by atoms with Gasteiger partial charge in [-0.15, -0.1) is 10.2 Å². The summed E-state index contributed by atoms with van der Waals surface area (Å²) in [5.74, 6) is 0.299. The molecule has 1 N–H and O–H groups in total. The fourth-order valence-electron chi connectivity index (χ4n) is 0.262. The second kappa shape index (κ2) is 2.28. The van der Waals surface area contributed by atoms with Gasteiger partial charge in [0.05, 0.1) is 0 Å². The van der Waals surface area contributed by atoms with Crippen molar-refractivity contribution in [3.05, 3.63) is 5.82 Å². The van der Waals surface area contributed by atoms with Gasteiger partial charge in [-0.25, -0.2) is 0 Å². The first-order valence-corrected chi connectivity index (χ1v) is 2.69. The van der Waals surface area contributed by atoms with Gasteiger partial charge in [-0.05, 0) is 0 Å². The van der Waals surface area contributed by atoms with Crippen LogP contribution < -0.4 is 0 Å². The molecule has 1 heterocycles. The molecule has 1 aromatic heterocycles. The number of aromatic amines is 1. The number of rotatable bonds is 1. The third-order valence-electron chi connectivity index (χ3n) is 0.557. The summed E-state index contributed by atoms with van der Waals surface area (Å²) in [5, 5.41) is 12.5. The van der Waals surface area contributed by atoms with Crippen molar-refractivity contribution in [2.24, 2.45) is 0 Å². The van der Waals surface area contributed by atoms with Gasteiger partial charge in [-0.3, -0.25) is 0 Å². The number of tetrazole rings is 1. The number of nitrogens with one attached hydrogen (secondary N) is 1. The van der Waals surface area contributed by atoms with E-state index in [1.165, 1.54) is 0 Å². The fraction of sp³-hybridized carbons (Fsp3) is 0.500. The molecule has 0 bridgehead atoms. The van der Waals surface area contributed by atoms with Gasteiger partial charge >= 0.3 is 0 Å². The predicted molar refractivity (Wildman–Crippen MR) is 28.6 cm³/mol. The molecule has 0 saturated heterocycles. The van der Waals surface area contributed by atoms with E-state index in [0.29, 0.717) is 5.82 Å². The summed E-state index contributed by atoms with van der Waals surface area (Å²) < 4.78 is 0. The lowest BCUT2D eigenvalue weighted by Gasteiger charge is -1.85. The summed E-state index contributed by atoms with van der Waals surface area (Å²) in [6, 6.07) is 0. The summed E-state index contributed by atoms with van der Waals surface area (Å²) in [7, 11) is 0. The van der Waals surface area contributed by atoms with E-state index in [0.717, 1.165) is 0 Å². The van der Waals surface area contributed by atoms with Crippen molar-refractivity contribution >= 4 is 23.2 Å². The Kier molecular flexibility index (Phi) is 1.65. The van der Waals surface area contributed by atoms with Crippen LogP contribution in [0.1, 0.15) is 10.7 Å². The third-order valence-corrected chi connectivity index (χ3v) is 0.947. The molecule has 0 fully saturated rings. The summed E-state index contributed by atoms with van der Waals surface area (Å²) in [5.41, 5.74) is 0. The number of H-pyrrole nitrogens is 1. The minimum absolute atomic E-state index is 0.299. The predicted octanol–water partition coefficient (Wildman–Crippen LogP) is 0.676. The van der Waals surface area contributed by atoms with Crippen molar-refractivity contribution in [3.63, 3.8) is 0 Å². The Balaban J connectivity index is 2.77. The summed E-state index contributed by atoms with van der Waals surface area (Å²) >= 11 is 10.6. The second-order valence-electron chi connectivity index (χ2n) is 1.07. The van der Waals surface area contributed by atoms with Gasteiger partial charge in [0, 0.05) is 0 Å². The quantitative estimate of drug-likeness (QED) is 0.603. The molecular weight excluding hydrogens is 151 g/mol. The van der Waals surface area contributed by atoms with E-state index in [1.54, 1.807) is 0 Å². The monoisotopic (exact) mass is 152 g/mol. The number of aromatic nitrogens is 4. The van der Waals surface area contributed by atoms with Crippen LogP contribution in [0.15, 0.2) is 0 Å². The highest BCUT2D eigenvalue weighted by Gasteiger charge is 2.06. The van der Waals surface area contributed by atoms with Gasteiger partial charge in [0.15, 0.2) is 4.84 Å². The lowest BCUT2D eigenvalue weighted by atomic mass is 10.7. The zero-order valence-electron chi connectivity index (χ0n) is 3.67. The van der Waals surface area contributed by atoms with Crippen LogP contribution in [0.25, 0.3) is 0 Å². The van der Waals surface area contributed by atoms with Gasteiger partial charge in [-0.2, -0.15) is 5.21 Å². The van der Waals surface area contributed by atoms with Crippen molar-refractivity contribution in [1.29, 1.82) is 0 Å². The number of nitrogens with zero attached hydrogens (tertiary/aromatic N) is 3. The maximum absolute atomic E-state index is 5.32. The maximum atomic E-state index is 5.32. The Morgan fingerprint density at radius 1 is 1.50 bits per heavy atom. The lowest BCUT2D eigenvalue weighted by molar-refractivity contribution is 0.881. The van der Waals surface area contributed by atoms with Gasteiger partial charge in [0.25, 0.3) is 0 Å². The highest BCUT2D eigenvalue weighted by atomic mass is 35.5. The van der Waals surface area contributed by atoms with E-state index in [4.69, 9.17) is 23.2 Å². The van der Waals surface area contributed by atoms with Gasteiger partial charge < -0.3 is 0 Å². The van der Waals surface area contributed by atoms with Crippen molar-refractivity contribution in [2.45, 2.75) is 4.84 Å². The molecular formula is C2H2Cl2N4. The molecule has 0 aliphatic heterocycles. The molecule has 4 nitrogen and oxygen atoms in total. The molecule has 0 unspecified atom stereocenters. The van der Waals surface area contributed by atoms with E-state index >= 15 is 0 Å². The van der Waals surface area contributed by atoms with Crippen LogP contribution in [0, 0.1) is 0 Å². The van der Waals surface area contributed by atoms with E-state index < -0.39 is 4.84 Å². The Labute approximate surface area is 55.2 Å². The van der Waals surface area contributed by atoms with Crippen molar-refractivity contribution in [3.8, 4) is 0 Å². The van der Waals surface area contributed by atoms with Crippen LogP contribution in [0.3, 0.4) is 0 Å². The zero-order valence-corrected chi connectivity index (χ0v) is 5.19. The van der Waals surface area contributed by atoms with E-state index in [-0.39, 0.29) is 0 Å². The smallest absolute Gasteiger partial charge is 0.177 e. The number of halogens is 2. The van der Waals surface area contributed by atoms with E-state index in [9.17, 15) is 0 Å². The summed E-state index contributed by atoms with van der Waals surface area (Å²) in [4.78, 5) is -0.686. The van der Waals surface area contributed by atoms with Crippen molar-refractivity contribution in [2.75, 3.05) is 0 Å². The SMILES string of the molecule is ClC(Cl)c1nn[nH]n1. The molecule has 44 valence electrons. The van der Waals surface area contributed by atoms with E-state index in [2.05, 4.69) is 20.6 Å². The largest absolute Gasteiger partial charge is 0.207 e. The highest BCUT2D eigenvalue weighted by Crippen LogP contribution is 2.18. The lowest BCUT2D eigenvalue weighted by Crippen LogP contribution is -1.83. The zero-order chi connectivity index (χ0) is 5.98. The molecule has 0 amide bonds. The topological polar surface area (TPSA) is 54.5 Å². The summed E-state index contributed by atoms with van der Waals surface area (Å²) in [6.07, 6.45) is 0. The fourth-order valence-corrected chi connectivity index (χ4v) is 0.447. The van der Waals surface area contributed by atoms with Crippen LogP contribution in [0.2, 0.25) is 0 Å². The molecule has 0 aliphatic carbocycles. The van der Waals surface area contributed by atoms with Gasteiger partial charge in [0.2, 0.25) is 5.82 Å². The van der Waals surface area contributed by atoms with E-state index in [1.807, 2.05) is 0 Å². The first kappa shape index (κ1) is 5.78. The Bertz CT molecular complexity index is 147. The molecule has 0 atom stereocenters. The summed E-state index contributed by atoms with van der Waals surface area (Å²) in [6.45, 7) is 0. The first-order chi connectivity index (χ1) is 3.80.